The summed E-state index contributed by atoms with van der Waals surface area (Å²) >= 11 is 0. The maximum atomic E-state index is 9.92. The molecule has 0 heterocycles. The fourth-order valence-electron chi connectivity index (χ4n) is 2.48. The van der Waals surface area contributed by atoms with E-state index in [0.29, 0.717) is 0 Å². The summed E-state index contributed by atoms with van der Waals surface area (Å²) < 4.78 is 5.37. The molecule has 3 N–H and O–H groups in total. The molecule has 2 rings (SSSR count). The van der Waals surface area contributed by atoms with Gasteiger partial charge in [0, 0.05) is 29.3 Å². The zero-order valence-electron chi connectivity index (χ0n) is 12.5. The number of benzene rings is 2. The summed E-state index contributed by atoms with van der Waals surface area (Å²) in [5.74, 6) is 0.975. The molecule has 0 aliphatic heterocycles. The Kier molecular flexibility index (Phi) is 4.70. The molecule has 2 aromatic rings. The van der Waals surface area contributed by atoms with Crippen molar-refractivity contribution in [3.8, 4) is 17.2 Å². The van der Waals surface area contributed by atoms with Crippen molar-refractivity contribution in [3.63, 3.8) is 0 Å². The van der Waals surface area contributed by atoms with E-state index in [1.54, 1.807) is 19.2 Å². The number of hydrogen-bond acceptors (Lipinski definition) is 4. The van der Waals surface area contributed by atoms with Crippen LogP contribution in [0.5, 0.6) is 17.2 Å². The summed E-state index contributed by atoms with van der Waals surface area (Å²) in [5.41, 5.74) is 1.81. The van der Waals surface area contributed by atoms with Gasteiger partial charge in [-0.1, -0.05) is 24.3 Å². The molecule has 2 atom stereocenters. The second kappa shape index (κ2) is 6.50. The summed E-state index contributed by atoms with van der Waals surface area (Å²) in [6, 6.07) is 12.5. The molecule has 0 bridgehead atoms. The van der Waals surface area contributed by atoms with Crippen molar-refractivity contribution in [2.24, 2.45) is 0 Å². The van der Waals surface area contributed by atoms with E-state index in [1.807, 2.05) is 38.1 Å². The van der Waals surface area contributed by atoms with E-state index in [-0.39, 0.29) is 23.6 Å². The van der Waals surface area contributed by atoms with Gasteiger partial charge in [-0.3, -0.25) is 0 Å². The Morgan fingerprint density at radius 3 is 2.29 bits per heavy atom. The van der Waals surface area contributed by atoms with Gasteiger partial charge < -0.3 is 20.3 Å². The Hall–Kier alpha value is -2.20. The van der Waals surface area contributed by atoms with Crippen LogP contribution in [0, 0.1) is 0 Å². The van der Waals surface area contributed by atoms with Gasteiger partial charge in [0.15, 0.2) is 0 Å². The predicted octanol–water partition coefficient (Wildman–Crippen LogP) is 3.52. The van der Waals surface area contributed by atoms with Crippen molar-refractivity contribution in [2.75, 3.05) is 7.11 Å². The van der Waals surface area contributed by atoms with E-state index in [2.05, 4.69) is 5.32 Å². The Morgan fingerprint density at radius 1 is 0.952 bits per heavy atom. The number of rotatable bonds is 5. The first kappa shape index (κ1) is 15.2. The summed E-state index contributed by atoms with van der Waals surface area (Å²) in [7, 11) is 1.65. The van der Waals surface area contributed by atoms with Crippen LogP contribution >= 0.6 is 0 Å². The molecule has 0 spiro atoms. The highest BCUT2D eigenvalue weighted by molar-refractivity contribution is 5.41. The second-order valence-corrected chi connectivity index (χ2v) is 5.10. The molecule has 0 aliphatic carbocycles. The lowest BCUT2D eigenvalue weighted by atomic mass is 10.0. The van der Waals surface area contributed by atoms with E-state index in [9.17, 15) is 10.2 Å². The molecule has 112 valence electrons. The number of aromatic hydroxyl groups is 2. The Balaban J connectivity index is 2.16. The van der Waals surface area contributed by atoms with Crippen LogP contribution in [0.4, 0.5) is 0 Å². The van der Waals surface area contributed by atoms with Crippen LogP contribution in [-0.4, -0.2) is 17.3 Å². The third-order valence-corrected chi connectivity index (χ3v) is 3.59. The lowest BCUT2D eigenvalue weighted by Crippen LogP contribution is -2.23. The number of phenolic OH excluding ortho intramolecular Hbond substituents is 2. The summed E-state index contributed by atoms with van der Waals surface area (Å²) in [6.07, 6.45) is 0. The predicted molar refractivity (Wildman–Crippen MR) is 82.7 cm³/mol. The Bertz CT molecular complexity index is 613. The molecular weight excluding hydrogens is 266 g/mol. The normalized spacial score (nSPS) is 13.7. The molecule has 1 unspecified atom stereocenters. The van der Waals surface area contributed by atoms with Crippen molar-refractivity contribution in [3.05, 3.63) is 53.6 Å². The van der Waals surface area contributed by atoms with Crippen molar-refractivity contribution < 1.29 is 14.9 Å². The van der Waals surface area contributed by atoms with Crippen LogP contribution in [0.2, 0.25) is 0 Å². The fraction of sp³-hybridized carbons (Fsp3) is 0.294. The molecule has 0 fully saturated rings. The van der Waals surface area contributed by atoms with Gasteiger partial charge in [0.05, 0.1) is 7.11 Å². The molecule has 2 aromatic carbocycles. The minimum atomic E-state index is -0.0643. The first-order valence-electron chi connectivity index (χ1n) is 6.93. The number of hydrogen-bond donors (Lipinski definition) is 3. The number of methoxy groups -OCH3 is 1. The van der Waals surface area contributed by atoms with E-state index >= 15 is 0 Å². The molecule has 21 heavy (non-hydrogen) atoms. The molecule has 4 nitrogen and oxygen atoms in total. The van der Waals surface area contributed by atoms with Gasteiger partial charge in [-0.05, 0) is 26.0 Å². The number of nitrogens with one attached hydrogen (secondary N) is 1. The van der Waals surface area contributed by atoms with E-state index in [1.165, 1.54) is 6.07 Å². The molecular formula is C17H21NO3. The zero-order chi connectivity index (χ0) is 15.4. The standard InChI is InChI=1S/C17H21NO3/c1-11(14-9-8-13(19)10-16(14)20)18-12(2)15-6-4-5-7-17(15)21-3/h4-12,18-20H,1-3H3/t11?,12-/m0/s1. The Labute approximate surface area is 125 Å². The molecule has 0 aliphatic rings. The van der Waals surface area contributed by atoms with Gasteiger partial charge in [0.2, 0.25) is 0 Å². The molecule has 0 radical (unpaired) electrons. The second-order valence-electron chi connectivity index (χ2n) is 5.10. The average Bonchev–Trinajstić information content (AvgIpc) is 2.46. The molecule has 0 amide bonds. The highest BCUT2D eigenvalue weighted by atomic mass is 16.5. The summed E-state index contributed by atoms with van der Waals surface area (Å²) in [5, 5.41) is 22.7. The van der Waals surface area contributed by atoms with Gasteiger partial charge in [0.1, 0.15) is 17.2 Å². The van der Waals surface area contributed by atoms with Crippen LogP contribution in [0.25, 0.3) is 0 Å². The quantitative estimate of drug-likeness (QED) is 0.787. The third-order valence-electron chi connectivity index (χ3n) is 3.59. The SMILES string of the molecule is COc1ccccc1[C@H](C)NC(C)c1ccc(O)cc1O. The lowest BCUT2D eigenvalue weighted by molar-refractivity contribution is 0.393. The van der Waals surface area contributed by atoms with Gasteiger partial charge in [-0.25, -0.2) is 0 Å². The first-order valence-corrected chi connectivity index (χ1v) is 6.93. The maximum Gasteiger partial charge on any atom is 0.124 e. The van der Waals surface area contributed by atoms with Crippen molar-refractivity contribution in [1.82, 2.24) is 5.32 Å². The lowest BCUT2D eigenvalue weighted by Gasteiger charge is -2.23. The largest absolute Gasteiger partial charge is 0.508 e. The van der Waals surface area contributed by atoms with Crippen molar-refractivity contribution in [2.45, 2.75) is 25.9 Å². The number of para-hydroxylation sites is 1. The zero-order valence-corrected chi connectivity index (χ0v) is 12.5. The molecule has 4 heteroatoms. The average molecular weight is 287 g/mol. The highest BCUT2D eigenvalue weighted by Gasteiger charge is 2.16. The summed E-state index contributed by atoms with van der Waals surface area (Å²) in [4.78, 5) is 0. The maximum absolute atomic E-state index is 9.92. The topological polar surface area (TPSA) is 61.7 Å². The number of ether oxygens (including phenoxy) is 1. The smallest absolute Gasteiger partial charge is 0.124 e. The minimum Gasteiger partial charge on any atom is -0.508 e. The van der Waals surface area contributed by atoms with Crippen LogP contribution in [0.15, 0.2) is 42.5 Å². The van der Waals surface area contributed by atoms with Gasteiger partial charge in [-0.15, -0.1) is 0 Å². The third kappa shape index (κ3) is 3.47. The molecule has 0 aromatic heterocycles. The number of phenols is 2. The van der Waals surface area contributed by atoms with Gasteiger partial charge >= 0.3 is 0 Å². The minimum absolute atomic E-state index is 0.0567. The molecule has 0 saturated carbocycles. The molecule has 0 saturated heterocycles. The Morgan fingerprint density at radius 2 is 1.62 bits per heavy atom. The van der Waals surface area contributed by atoms with Gasteiger partial charge in [-0.2, -0.15) is 0 Å². The highest BCUT2D eigenvalue weighted by Crippen LogP contribution is 2.31. The van der Waals surface area contributed by atoms with E-state index < -0.39 is 0 Å². The monoisotopic (exact) mass is 287 g/mol. The van der Waals surface area contributed by atoms with Crippen LogP contribution < -0.4 is 10.1 Å². The van der Waals surface area contributed by atoms with Crippen LogP contribution in [-0.2, 0) is 0 Å². The first-order chi connectivity index (χ1) is 10.0. The van der Waals surface area contributed by atoms with E-state index in [4.69, 9.17) is 4.74 Å². The van der Waals surface area contributed by atoms with Crippen molar-refractivity contribution in [1.29, 1.82) is 0 Å². The van der Waals surface area contributed by atoms with E-state index in [0.717, 1.165) is 16.9 Å². The van der Waals surface area contributed by atoms with Crippen molar-refractivity contribution >= 4 is 0 Å². The summed E-state index contributed by atoms with van der Waals surface area (Å²) in [6.45, 7) is 4.02. The van der Waals surface area contributed by atoms with Crippen LogP contribution in [0.1, 0.15) is 37.1 Å². The van der Waals surface area contributed by atoms with Gasteiger partial charge in [0.25, 0.3) is 0 Å². The fourth-order valence-corrected chi connectivity index (χ4v) is 2.48. The van der Waals surface area contributed by atoms with Crippen LogP contribution in [0.3, 0.4) is 0 Å².